The van der Waals surface area contributed by atoms with E-state index in [9.17, 15) is 14.4 Å². The van der Waals surface area contributed by atoms with Crippen LogP contribution in [0.3, 0.4) is 0 Å². The second kappa shape index (κ2) is 5.95. The van der Waals surface area contributed by atoms with Crippen LogP contribution >= 0.6 is 0 Å². The van der Waals surface area contributed by atoms with E-state index in [2.05, 4.69) is 0 Å². The molecule has 5 heteroatoms. The fraction of sp³-hybridized carbons (Fsp3) is 0.611. The van der Waals surface area contributed by atoms with E-state index in [0.717, 1.165) is 0 Å². The standard InChI is InChI=1S/C18H22O5/c1-9-4-12(19)17-11(8-16(21)22-3)18-13(20)5-10(2)7-15(18)23-14(17)6-9/h9-11H,4-8H2,1-3H3. The highest BCUT2D eigenvalue weighted by atomic mass is 16.5. The number of ether oxygens (including phenoxy) is 2. The highest BCUT2D eigenvalue weighted by Crippen LogP contribution is 2.46. The monoisotopic (exact) mass is 318 g/mol. The van der Waals surface area contributed by atoms with Gasteiger partial charge in [-0.15, -0.1) is 0 Å². The quantitative estimate of drug-likeness (QED) is 0.732. The molecule has 0 aromatic heterocycles. The molecule has 0 aromatic carbocycles. The molecule has 0 fully saturated rings. The fourth-order valence-corrected chi connectivity index (χ4v) is 3.88. The van der Waals surface area contributed by atoms with E-state index >= 15 is 0 Å². The van der Waals surface area contributed by atoms with Crippen molar-refractivity contribution in [1.82, 2.24) is 0 Å². The summed E-state index contributed by atoms with van der Waals surface area (Å²) in [6.07, 6.45) is 2.26. The predicted octanol–water partition coefficient (Wildman–Crippen LogP) is 2.70. The Morgan fingerprint density at radius 1 is 1.00 bits per heavy atom. The maximum absolute atomic E-state index is 12.5. The zero-order valence-electron chi connectivity index (χ0n) is 13.8. The number of carbonyl (C=O) groups excluding carboxylic acids is 3. The lowest BCUT2D eigenvalue weighted by molar-refractivity contribution is -0.141. The van der Waals surface area contributed by atoms with E-state index in [4.69, 9.17) is 9.47 Å². The summed E-state index contributed by atoms with van der Waals surface area (Å²) in [5.74, 6) is 0.829. The van der Waals surface area contributed by atoms with Crippen molar-refractivity contribution in [1.29, 1.82) is 0 Å². The number of Topliss-reactive ketones (excluding diaryl/α,β-unsaturated/α-hetero) is 2. The van der Waals surface area contributed by atoms with Gasteiger partial charge in [-0.25, -0.2) is 0 Å². The molecule has 3 rings (SSSR count). The van der Waals surface area contributed by atoms with Crippen molar-refractivity contribution < 1.29 is 23.9 Å². The molecule has 3 aliphatic rings. The molecule has 0 N–H and O–H groups in total. The summed E-state index contributed by atoms with van der Waals surface area (Å²) in [4.78, 5) is 36.9. The van der Waals surface area contributed by atoms with Gasteiger partial charge in [0, 0.05) is 42.7 Å². The van der Waals surface area contributed by atoms with Crippen molar-refractivity contribution in [3.63, 3.8) is 0 Å². The zero-order valence-corrected chi connectivity index (χ0v) is 13.8. The molecule has 0 radical (unpaired) electrons. The van der Waals surface area contributed by atoms with Crippen LogP contribution in [0.4, 0.5) is 0 Å². The van der Waals surface area contributed by atoms with Crippen molar-refractivity contribution >= 4 is 17.5 Å². The predicted molar refractivity (Wildman–Crippen MR) is 82.1 cm³/mol. The van der Waals surface area contributed by atoms with Gasteiger partial charge in [0.05, 0.1) is 13.5 Å². The van der Waals surface area contributed by atoms with Gasteiger partial charge >= 0.3 is 5.97 Å². The van der Waals surface area contributed by atoms with Crippen LogP contribution in [0.5, 0.6) is 0 Å². The smallest absolute Gasteiger partial charge is 0.306 e. The molecule has 124 valence electrons. The van der Waals surface area contributed by atoms with Crippen molar-refractivity contribution in [2.24, 2.45) is 17.8 Å². The van der Waals surface area contributed by atoms with Crippen LogP contribution in [-0.2, 0) is 23.9 Å². The minimum Gasteiger partial charge on any atom is -0.469 e. The third kappa shape index (κ3) is 2.84. The fourth-order valence-electron chi connectivity index (χ4n) is 3.88. The molecule has 1 aliphatic heterocycles. The van der Waals surface area contributed by atoms with E-state index < -0.39 is 11.9 Å². The highest BCUT2D eigenvalue weighted by molar-refractivity contribution is 6.05. The zero-order chi connectivity index (χ0) is 16.7. The van der Waals surface area contributed by atoms with Crippen LogP contribution in [0, 0.1) is 17.8 Å². The molecule has 5 nitrogen and oxygen atoms in total. The summed E-state index contributed by atoms with van der Waals surface area (Å²) in [6, 6.07) is 0. The van der Waals surface area contributed by atoms with Crippen LogP contribution < -0.4 is 0 Å². The molecule has 2 aliphatic carbocycles. The Kier molecular flexibility index (Phi) is 4.13. The molecule has 1 heterocycles. The van der Waals surface area contributed by atoms with E-state index in [1.165, 1.54) is 7.11 Å². The van der Waals surface area contributed by atoms with E-state index in [0.29, 0.717) is 48.3 Å². The van der Waals surface area contributed by atoms with Gasteiger partial charge in [0.25, 0.3) is 0 Å². The van der Waals surface area contributed by atoms with Gasteiger partial charge in [-0.2, -0.15) is 0 Å². The summed E-state index contributed by atoms with van der Waals surface area (Å²) in [5.41, 5.74) is 1.05. The third-order valence-electron chi connectivity index (χ3n) is 4.88. The first-order chi connectivity index (χ1) is 10.9. The second-order valence-electron chi connectivity index (χ2n) is 6.98. The molecule has 0 saturated heterocycles. The Bertz CT molecular complexity index is 594. The number of hydrogen-bond donors (Lipinski definition) is 0. The minimum atomic E-state index is -0.499. The van der Waals surface area contributed by atoms with Crippen LogP contribution in [0.2, 0.25) is 0 Å². The maximum atomic E-state index is 12.5. The van der Waals surface area contributed by atoms with Gasteiger partial charge in [-0.3, -0.25) is 14.4 Å². The molecule has 0 spiro atoms. The Balaban J connectivity index is 2.05. The molecular weight excluding hydrogens is 296 g/mol. The highest BCUT2D eigenvalue weighted by Gasteiger charge is 2.44. The molecule has 2 atom stereocenters. The molecule has 2 unspecified atom stereocenters. The van der Waals surface area contributed by atoms with Gasteiger partial charge in [-0.1, -0.05) is 13.8 Å². The van der Waals surface area contributed by atoms with Gasteiger partial charge in [0.2, 0.25) is 0 Å². The summed E-state index contributed by atoms with van der Waals surface area (Å²) >= 11 is 0. The Labute approximate surface area is 135 Å². The molecule has 0 bridgehead atoms. The summed E-state index contributed by atoms with van der Waals surface area (Å²) in [6.45, 7) is 4.03. The largest absolute Gasteiger partial charge is 0.469 e. The molecule has 0 amide bonds. The number of methoxy groups -OCH3 is 1. The van der Waals surface area contributed by atoms with Crippen molar-refractivity contribution in [3.05, 3.63) is 22.7 Å². The third-order valence-corrected chi connectivity index (χ3v) is 4.88. The summed E-state index contributed by atoms with van der Waals surface area (Å²) in [5, 5.41) is 0. The SMILES string of the molecule is COC(=O)CC1C2=C(CC(C)CC2=O)OC2=C1C(=O)CC(C)C2. The Hall–Kier alpha value is -1.91. The van der Waals surface area contributed by atoms with E-state index in [1.54, 1.807) is 0 Å². The molecular formula is C18H22O5. The Morgan fingerprint density at radius 3 is 1.91 bits per heavy atom. The van der Waals surface area contributed by atoms with Gasteiger partial charge < -0.3 is 9.47 Å². The Morgan fingerprint density at radius 2 is 1.48 bits per heavy atom. The van der Waals surface area contributed by atoms with Gasteiger partial charge in [-0.05, 0) is 11.8 Å². The number of ketones is 2. The number of esters is 1. The number of hydrogen-bond acceptors (Lipinski definition) is 5. The molecule has 23 heavy (non-hydrogen) atoms. The van der Waals surface area contributed by atoms with Crippen LogP contribution in [-0.4, -0.2) is 24.6 Å². The lowest BCUT2D eigenvalue weighted by Crippen LogP contribution is -2.35. The average Bonchev–Trinajstić information content (AvgIpc) is 2.44. The van der Waals surface area contributed by atoms with Crippen molar-refractivity contribution in [3.8, 4) is 0 Å². The lowest BCUT2D eigenvalue weighted by atomic mass is 9.72. The topological polar surface area (TPSA) is 69.7 Å². The van der Waals surface area contributed by atoms with Crippen molar-refractivity contribution in [2.45, 2.75) is 46.0 Å². The average molecular weight is 318 g/mol. The van der Waals surface area contributed by atoms with Gasteiger partial charge in [0.1, 0.15) is 11.5 Å². The van der Waals surface area contributed by atoms with Crippen LogP contribution in [0.1, 0.15) is 46.0 Å². The molecule has 0 aromatic rings. The normalized spacial score (nSPS) is 30.7. The number of rotatable bonds is 2. The number of allylic oxidation sites excluding steroid dienone is 4. The first kappa shape index (κ1) is 16.0. The first-order valence-corrected chi connectivity index (χ1v) is 8.17. The van der Waals surface area contributed by atoms with E-state index in [-0.39, 0.29) is 29.8 Å². The summed E-state index contributed by atoms with van der Waals surface area (Å²) < 4.78 is 10.8. The first-order valence-electron chi connectivity index (χ1n) is 8.17. The van der Waals surface area contributed by atoms with E-state index in [1.807, 2.05) is 13.8 Å². The van der Waals surface area contributed by atoms with Crippen LogP contribution in [0.25, 0.3) is 0 Å². The number of carbonyl (C=O) groups is 3. The molecule has 0 saturated carbocycles. The second-order valence-corrected chi connectivity index (χ2v) is 6.98. The van der Waals surface area contributed by atoms with Crippen molar-refractivity contribution in [2.75, 3.05) is 7.11 Å². The van der Waals surface area contributed by atoms with Gasteiger partial charge in [0.15, 0.2) is 11.6 Å². The summed E-state index contributed by atoms with van der Waals surface area (Å²) in [7, 11) is 1.32. The maximum Gasteiger partial charge on any atom is 0.306 e. The lowest BCUT2D eigenvalue weighted by Gasteiger charge is -2.37. The minimum absolute atomic E-state index is 0.00868. The van der Waals surface area contributed by atoms with Crippen LogP contribution in [0.15, 0.2) is 22.7 Å².